The third-order valence-corrected chi connectivity index (χ3v) is 5.58. The molecule has 6 nitrogen and oxygen atoms in total. The predicted octanol–water partition coefficient (Wildman–Crippen LogP) is 5.12. The molecule has 8 heteroatoms. The van der Waals surface area contributed by atoms with Crippen LogP contribution in [0.1, 0.15) is 21.5 Å². The van der Waals surface area contributed by atoms with Crippen LogP contribution in [0.3, 0.4) is 0 Å². The third kappa shape index (κ3) is 4.33. The number of halogens is 2. The lowest BCUT2D eigenvalue weighted by Crippen LogP contribution is -2.33. The molecular weight excluding hydrogens is 482 g/mol. The lowest BCUT2D eigenvalue weighted by Gasteiger charge is -2.16. The fraction of sp³-hybridized carbons (Fsp3) is 0.0870. The number of carbonyl (C=O) groups is 2. The Hall–Kier alpha value is -3.16. The number of esters is 1. The molecule has 1 aliphatic rings. The first-order valence-electron chi connectivity index (χ1n) is 9.35. The molecule has 31 heavy (non-hydrogen) atoms. The molecule has 1 amide bonds. The van der Waals surface area contributed by atoms with Gasteiger partial charge in [0, 0.05) is 20.6 Å². The van der Waals surface area contributed by atoms with E-state index < -0.39 is 12.1 Å². The van der Waals surface area contributed by atoms with Crippen LogP contribution in [0.5, 0.6) is 0 Å². The number of benzene rings is 3. The molecule has 0 saturated carbocycles. The van der Waals surface area contributed by atoms with Crippen molar-refractivity contribution in [3.8, 4) is 0 Å². The van der Waals surface area contributed by atoms with E-state index in [1.807, 2.05) is 30.3 Å². The second-order valence-electron chi connectivity index (χ2n) is 6.72. The van der Waals surface area contributed by atoms with E-state index in [2.05, 4.69) is 26.6 Å². The summed E-state index contributed by atoms with van der Waals surface area (Å²) in [4.78, 5) is 29.9. The Morgan fingerprint density at radius 3 is 2.61 bits per heavy atom. The van der Waals surface area contributed by atoms with E-state index in [0.29, 0.717) is 33.2 Å². The van der Waals surface area contributed by atoms with Crippen LogP contribution >= 0.6 is 27.5 Å². The summed E-state index contributed by atoms with van der Waals surface area (Å²) in [5.74, 6) is -0.884. The molecule has 0 bridgehead atoms. The molecule has 0 aliphatic carbocycles. The van der Waals surface area contributed by atoms with Gasteiger partial charge < -0.3 is 15.4 Å². The van der Waals surface area contributed by atoms with Gasteiger partial charge in [0.25, 0.3) is 5.91 Å². The van der Waals surface area contributed by atoms with Gasteiger partial charge in [-0.05, 0) is 36.4 Å². The number of amides is 1. The Kier molecular flexibility index (Phi) is 6.06. The number of rotatable bonds is 4. The summed E-state index contributed by atoms with van der Waals surface area (Å²) in [5.41, 5.74) is 3.31. The van der Waals surface area contributed by atoms with E-state index in [1.165, 1.54) is 7.11 Å². The summed E-state index contributed by atoms with van der Waals surface area (Å²) in [6, 6.07) is 19.6. The van der Waals surface area contributed by atoms with E-state index in [1.54, 1.807) is 36.4 Å². The van der Waals surface area contributed by atoms with Gasteiger partial charge in [0.1, 0.15) is 0 Å². The second-order valence-corrected chi connectivity index (χ2v) is 8.04. The van der Waals surface area contributed by atoms with E-state index in [-0.39, 0.29) is 5.91 Å². The summed E-state index contributed by atoms with van der Waals surface area (Å²) < 4.78 is 5.69. The Morgan fingerprint density at radius 2 is 1.84 bits per heavy atom. The average Bonchev–Trinajstić information content (AvgIpc) is 2.90. The number of hydrogen-bond acceptors (Lipinski definition) is 5. The van der Waals surface area contributed by atoms with Crippen molar-refractivity contribution in [1.29, 1.82) is 0 Å². The summed E-state index contributed by atoms with van der Waals surface area (Å²) >= 11 is 9.95. The molecule has 1 heterocycles. The van der Waals surface area contributed by atoms with Gasteiger partial charge in [-0.1, -0.05) is 57.9 Å². The van der Waals surface area contributed by atoms with Crippen molar-refractivity contribution in [3.05, 3.63) is 92.9 Å². The van der Waals surface area contributed by atoms with Crippen molar-refractivity contribution in [2.75, 3.05) is 17.7 Å². The van der Waals surface area contributed by atoms with E-state index in [4.69, 9.17) is 21.3 Å². The number of carbonyl (C=O) groups excluding carboxylic acids is 2. The number of benzodiazepines with no additional fused rings is 1. The summed E-state index contributed by atoms with van der Waals surface area (Å²) in [7, 11) is 1.31. The average molecular weight is 499 g/mol. The zero-order chi connectivity index (χ0) is 22.0. The first kappa shape index (κ1) is 21.1. The monoisotopic (exact) mass is 497 g/mol. The van der Waals surface area contributed by atoms with Crippen LogP contribution < -0.4 is 10.6 Å². The van der Waals surface area contributed by atoms with Gasteiger partial charge in [-0.25, -0.2) is 9.79 Å². The molecule has 0 radical (unpaired) electrons. The summed E-state index contributed by atoms with van der Waals surface area (Å²) in [5, 5.41) is 6.48. The van der Waals surface area contributed by atoms with Crippen molar-refractivity contribution in [2.45, 2.75) is 6.17 Å². The van der Waals surface area contributed by atoms with Crippen molar-refractivity contribution < 1.29 is 14.3 Å². The van der Waals surface area contributed by atoms with Gasteiger partial charge in [-0.3, -0.25) is 4.79 Å². The molecule has 0 aromatic heterocycles. The highest BCUT2D eigenvalue weighted by molar-refractivity contribution is 9.10. The van der Waals surface area contributed by atoms with E-state index in [9.17, 15) is 9.59 Å². The maximum Gasteiger partial charge on any atom is 0.339 e. The van der Waals surface area contributed by atoms with Gasteiger partial charge in [0.2, 0.25) is 0 Å². The standard InChI is InChI=1S/C23H17BrClN3O3/c1-31-23(30)15-7-3-5-9-18(15)26-21-22(29)27-19-11-10-13(24)12-16(19)20(28-21)14-6-2-4-8-17(14)25/h2-12,21,26H,1H3,(H,27,29). The highest BCUT2D eigenvalue weighted by Gasteiger charge is 2.28. The van der Waals surface area contributed by atoms with Gasteiger partial charge in [0.05, 0.1) is 29.8 Å². The number of nitrogens with zero attached hydrogens (tertiary/aromatic N) is 1. The minimum Gasteiger partial charge on any atom is -0.465 e. The lowest BCUT2D eigenvalue weighted by molar-refractivity contribution is -0.116. The molecule has 156 valence electrons. The maximum atomic E-state index is 13.0. The van der Waals surface area contributed by atoms with Crippen LogP contribution in [-0.2, 0) is 9.53 Å². The SMILES string of the molecule is COC(=O)c1ccccc1NC1N=C(c2ccccc2Cl)c2cc(Br)ccc2NC1=O. The topological polar surface area (TPSA) is 79.8 Å². The largest absolute Gasteiger partial charge is 0.465 e. The van der Waals surface area contributed by atoms with Crippen LogP contribution in [0.2, 0.25) is 5.02 Å². The van der Waals surface area contributed by atoms with Crippen LogP contribution in [0.4, 0.5) is 11.4 Å². The molecule has 1 atom stereocenters. The molecule has 1 aliphatic heterocycles. The fourth-order valence-corrected chi connectivity index (χ4v) is 3.88. The fourth-order valence-electron chi connectivity index (χ4n) is 3.29. The Bertz CT molecular complexity index is 1210. The summed E-state index contributed by atoms with van der Waals surface area (Å²) in [6.45, 7) is 0. The first-order valence-corrected chi connectivity index (χ1v) is 10.5. The second kappa shape index (κ2) is 8.91. The number of nitrogens with one attached hydrogen (secondary N) is 2. The van der Waals surface area contributed by atoms with Crippen molar-refractivity contribution in [2.24, 2.45) is 4.99 Å². The zero-order valence-electron chi connectivity index (χ0n) is 16.4. The minimum absolute atomic E-state index is 0.303. The number of fused-ring (bicyclic) bond motifs is 1. The van der Waals surface area contributed by atoms with Crippen LogP contribution in [0.25, 0.3) is 0 Å². The molecule has 0 spiro atoms. The Morgan fingerprint density at radius 1 is 1.10 bits per heavy atom. The predicted molar refractivity (Wildman–Crippen MR) is 125 cm³/mol. The molecule has 1 unspecified atom stereocenters. The number of methoxy groups -OCH3 is 1. The normalized spacial score (nSPS) is 15.3. The molecule has 3 aromatic carbocycles. The van der Waals surface area contributed by atoms with Crippen molar-refractivity contribution >= 4 is 56.5 Å². The molecule has 3 aromatic rings. The highest BCUT2D eigenvalue weighted by atomic mass is 79.9. The smallest absolute Gasteiger partial charge is 0.339 e. The van der Waals surface area contributed by atoms with Crippen LogP contribution in [-0.4, -0.2) is 30.9 Å². The molecule has 4 rings (SSSR count). The molecule has 2 N–H and O–H groups in total. The Labute approximate surface area is 192 Å². The quantitative estimate of drug-likeness (QED) is 0.490. The third-order valence-electron chi connectivity index (χ3n) is 4.75. The van der Waals surface area contributed by atoms with Crippen LogP contribution in [0.15, 0.2) is 76.2 Å². The number of anilines is 2. The van der Waals surface area contributed by atoms with E-state index >= 15 is 0 Å². The van der Waals surface area contributed by atoms with Gasteiger partial charge >= 0.3 is 5.97 Å². The molecule has 0 saturated heterocycles. The zero-order valence-corrected chi connectivity index (χ0v) is 18.7. The number of aliphatic imine (C=N–C) groups is 1. The first-order chi connectivity index (χ1) is 15.0. The summed E-state index contributed by atoms with van der Waals surface area (Å²) in [6.07, 6.45) is -1.01. The number of para-hydroxylation sites is 1. The van der Waals surface area contributed by atoms with Crippen molar-refractivity contribution in [1.82, 2.24) is 0 Å². The van der Waals surface area contributed by atoms with E-state index in [0.717, 1.165) is 10.0 Å². The highest BCUT2D eigenvalue weighted by Crippen LogP contribution is 2.30. The number of ether oxygens (including phenoxy) is 1. The molecule has 0 fully saturated rings. The van der Waals surface area contributed by atoms with Gasteiger partial charge in [-0.2, -0.15) is 0 Å². The minimum atomic E-state index is -1.01. The molecular formula is C23H17BrClN3O3. The Balaban J connectivity index is 1.84. The maximum absolute atomic E-state index is 13.0. The van der Waals surface area contributed by atoms with Crippen LogP contribution in [0, 0.1) is 0 Å². The number of hydrogen-bond donors (Lipinski definition) is 2. The lowest BCUT2D eigenvalue weighted by atomic mass is 10.0. The van der Waals surface area contributed by atoms with Gasteiger partial charge in [-0.15, -0.1) is 0 Å². The van der Waals surface area contributed by atoms with Crippen molar-refractivity contribution in [3.63, 3.8) is 0 Å². The van der Waals surface area contributed by atoms with Gasteiger partial charge in [0.15, 0.2) is 6.17 Å².